The van der Waals surface area contributed by atoms with E-state index in [4.69, 9.17) is 4.74 Å². The van der Waals surface area contributed by atoms with Crippen molar-refractivity contribution in [1.29, 1.82) is 0 Å². The molecule has 3 nitrogen and oxygen atoms in total. The van der Waals surface area contributed by atoms with Crippen LogP contribution < -0.4 is 5.32 Å². The van der Waals surface area contributed by atoms with Crippen LogP contribution in [0.3, 0.4) is 0 Å². The van der Waals surface area contributed by atoms with Crippen LogP contribution in [0.4, 0.5) is 0 Å². The zero-order valence-electron chi connectivity index (χ0n) is 11.5. The molecule has 1 N–H and O–H groups in total. The summed E-state index contributed by atoms with van der Waals surface area (Å²) < 4.78 is 5.77. The molecule has 17 heavy (non-hydrogen) atoms. The lowest BCUT2D eigenvalue weighted by molar-refractivity contribution is 0.00101. The number of ether oxygens (including phenoxy) is 1. The lowest BCUT2D eigenvalue weighted by atomic mass is 9.92. The van der Waals surface area contributed by atoms with Gasteiger partial charge in [-0.2, -0.15) is 0 Å². The van der Waals surface area contributed by atoms with Crippen molar-refractivity contribution in [3.8, 4) is 0 Å². The molecular weight excluding hydrogens is 212 g/mol. The van der Waals surface area contributed by atoms with Gasteiger partial charge in [-0.05, 0) is 51.6 Å². The largest absolute Gasteiger partial charge is 0.377 e. The summed E-state index contributed by atoms with van der Waals surface area (Å²) in [5.41, 5.74) is 0. The van der Waals surface area contributed by atoms with E-state index in [9.17, 15) is 0 Å². The molecule has 0 aromatic heterocycles. The van der Waals surface area contributed by atoms with Crippen LogP contribution in [0.2, 0.25) is 0 Å². The first-order valence-electron chi connectivity index (χ1n) is 7.37. The molecule has 2 aliphatic rings. The van der Waals surface area contributed by atoms with Crippen LogP contribution >= 0.6 is 0 Å². The second-order valence-corrected chi connectivity index (χ2v) is 5.66. The third-order valence-corrected chi connectivity index (χ3v) is 4.25. The number of piperidine rings is 2. The molecule has 0 bridgehead atoms. The van der Waals surface area contributed by atoms with Crippen LogP contribution in [-0.2, 0) is 4.74 Å². The van der Waals surface area contributed by atoms with Gasteiger partial charge in [0.1, 0.15) is 0 Å². The summed E-state index contributed by atoms with van der Waals surface area (Å²) in [5.74, 6) is 0.830. The van der Waals surface area contributed by atoms with Crippen LogP contribution in [0.5, 0.6) is 0 Å². The monoisotopic (exact) mass is 240 g/mol. The van der Waals surface area contributed by atoms with Crippen molar-refractivity contribution < 1.29 is 4.74 Å². The zero-order chi connectivity index (χ0) is 12.1. The highest BCUT2D eigenvalue weighted by Crippen LogP contribution is 2.19. The first-order valence-corrected chi connectivity index (χ1v) is 7.37. The summed E-state index contributed by atoms with van der Waals surface area (Å²) in [6.45, 7) is 10.2. The van der Waals surface area contributed by atoms with Gasteiger partial charge >= 0.3 is 0 Å². The molecule has 0 amide bonds. The van der Waals surface area contributed by atoms with E-state index in [1.165, 1.54) is 45.3 Å². The fourth-order valence-corrected chi connectivity index (χ4v) is 3.19. The Morgan fingerprint density at radius 1 is 1.29 bits per heavy atom. The maximum absolute atomic E-state index is 5.77. The quantitative estimate of drug-likeness (QED) is 0.812. The number of nitrogens with zero attached hydrogens (tertiary/aromatic N) is 1. The molecule has 0 saturated carbocycles. The van der Waals surface area contributed by atoms with E-state index in [1.54, 1.807) is 0 Å². The molecule has 100 valence electrons. The van der Waals surface area contributed by atoms with Gasteiger partial charge in [-0.25, -0.2) is 0 Å². The summed E-state index contributed by atoms with van der Waals surface area (Å²) in [4.78, 5) is 2.60. The Kier molecular flexibility index (Phi) is 5.26. The highest BCUT2D eigenvalue weighted by molar-refractivity contribution is 4.84. The highest BCUT2D eigenvalue weighted by atomic mass is 16.5. The average Bonchev–Trinajstić information content (AvgIpc) is 2.33. The van der Waals surface area contributed by atoms with Crippen molar-refractivity contribution in [2.75, 3.05) is 32.8 Å². The molecule has 0 aromatic rings. The van der Waals surface area contributed by atoms with E-state index in [-0.39, 0.29) is 0 Å². The maximum Gasteiger partial charge on any atom is 0.0702 e. The lowest BCUT2D eigenvalue weighted by Crippen LogP contribution is -2.51. The van der Waals surface area contributed by atoms with Crippen molar-refractivity contribution in [2.24, 2.45) is 5.92 Å². The van der Waals surface area contributed by atoms with E-state index in [0.29, 0.717) is 12.1 Å². The molecule has 0 aliphatic carbocycles. The molecule has 3 heteroatoms. The molecule has 3 atom stereocenters. The Morgan fingerprint density at radius 3 is 2.94 bits per heavy atom. The summed E-state index contributed by atoms with van der Waals surface area (Å²) in [7, 11) is 0. The second kappa shape index (κ2) is 6.72. The zero-order valence-corrected chi connectivity index (χ0v) is 11.5. The van der Waals surface area contributed by atoms with Gasteiger partial charge in [0.05, 0.1) is 6.10 Å². The molecule has 2 rings (SSSR count). The Hall–Kier alpha value is -0.120. The summed E-state index contributed by atoms with van der Waals surface area (Å²) in [6.07, 6.45) is 5.76. The summed E-state index contributed by atoms with van der Waals surface area (Å²) in [6, 6.07) is 0.698. The molecule has 0 aromatic carbocycles. The van der Waals surface area contributed by atoms with Gasteiger partial charge in [0.15, 0.2) is 0 Å². The van der Waals surface area contributed by atoms with Crippen LogP contribution in [0.25, 0.3) is 0 Å². The van der Waals surface area contributed by atoms with Gasteiger partial charge in [-0.1, -0.05) is 6.92 Å². The Bertz CT molecular complexity index is 220. The molecule has 2 fully saturated rings. The van der Waals surface area contributed by atoms with Crippen molar-refractivity contribution >= 4 is 0 Å². The first kappa shape index (κ1) is 13.3. The van der Waals surface area contributed by atoms with E-state index >= 15 is 0 Å². The van der Waals surface area contributed by atoms with Gasteiger partial charge in [-0.15, -0.1) is 0 Å². The normalized spacial score (nSPS) is 36.0. The number of nitrogens with one attached hydrogen (secondary N) is 1. The van der Waals surface area contributed by atoms with E-state index in [2.05, 4.69) is 24.1 Å². The molecular formula is C14H28N2O. The maximum atomic E-state index is 5.77. The summed E-state index contributed by atoms with van der Waals surface area (Å²) >= 11 is 0. The van der Waals surface area contributed by atoms with Gasteiger partial charge in [0.2, 0.25) is 0 Å². The first-order chi connectivity index (χ1) is 8.29. The van der Waals surface area contributed by atoms with Crippen LogP contribution in [0.1, 0.15) is 39.5 Å². The predicted octanol–water partition coefficient (Wildman–Crippen LogP) is 1.88. The third kappa shape index (κ3) is 3.94. The lowest BCUT2D eigenvalue weighted by Gasteiger charge is -2.38. The van der Waals surface area contributed by atoms with Gasteiger partial charge < -0.3 is 10.1 Å². The summed E-state index contributed by atoms with van der Waals surface area (Å²) in [5, 5.41) is 3.68. The van der Waals surface area contributed by atoms with Gasteiger partial charge in [-0.3, -0.25) is 4.90 Å². The number of hydrogen-bond acceptors (Lipinski definition) is 3. The van der Waals surface area contributed by atoms with E-state index in [1.807, 2.05) is 0 Å². The van der Waals surface area contributed by atoms with Crippen LogP contribution in [-0.4, -0.2) is 49.8 Å². The Morgan fingerprint density at radius 2 is 2.18 bits per heavy atom. The Labute approximate surface area is 106 Å². The standard InChI is InChI=1S/C14H28N2O/c1-3-17-13-7-5-9-16(10-13)11-14-12(2)6-4-8-15-14/h12-15H,3-11H2,1-2H3. The molecule has 2 heterocycles. The predicted molar refractivity (Wildman–Crippen MR) is 71.3 cm³/mol. The third-order valence-electron chi connectivity index (χ3n) is 4.25. The van der Waals surface area contributed by atoms with E-state index < -0.39 is 0 Å². The van der Waals surface area contributed by atoms with E-state index in [0.717, 1.165) is 19.1 Å². The molecule has 3 unspecified atom stereocenters. The van der Waals surface area contributed by atoms with Crippen molar-refractivity contribution in [3.63, 3.8) is 0 Å². The van der Waals surface area contributed by atoms with Crippen molar-refractivity contribution in [2.45, 2.75) is 51.7 Å². The number of likely N-dealkylation sites (tertiary alicyclic amines) is 1. The molecule has 0 radical (unpaired) electrons. The number of hydrogen-bond donors (Lipinski definition) is 1. The molecule has 2 aliphatic heterocycles. The van der Waals surface area contributed by atoms with Gasteiger partial charge in [0, 0.05) is 25.7 Å². The Balaban J connectivity index is 1.77. The van der Waals surface area contributed by atoms with Crippen molar-refractivity contribution in [1.82, 2.24) is 10.2 Å². The fourth-order valence-electron chi connectivity index (χ4n) is 3.19. The minimum Gasteiger partial charge on any atom is -0.377 e. The fraction of sp³-hybridized carbons (Fsp3) is 1.00. The van der Waals surface area contributed by atoms with Gasteiger partial charge in [0.25, 0.3) is 0 Å². The molecule has 2 saturated heterocycles. The topological polar surface area (TPSA) is 24.5 Å². The van der Waals surface area contributed by atoms with Crippen molar-refractivity contribution in [3.05, 3.63) is 0 Å². The highest BCUT2D eigenvalue weighted by Gasteiger charge is 2.26. The smallest absolute Gasteiger partial charge is 0.0702 e. The molecule has 0 spiro atoms. The SMILES string of the molecule is CCOC1CCCN(CC2NCCCC2C)C1. The van der Waals surface area contributed by atoms with Crippen LogP contribution in [0.15, 0.2) is 0 Å². The minimum absolute atomic E-state index is 0.479. The second-order valence-electron chi connectivity index (χ2n) is 5.66. The van der Waals surface area contributed by atoms with Crippen LogP contribution in [0, 0.1) is 5.92 Å². The average molecular weight is 240 g/mol. The minimum atomic E-state index is 0.479. The number of rotatable bonds is 4.